The predicted octanol–water partition coefficient (Wildman–Crippen LogP) is 4.36. The van der Waals surface area contributed by atoms with Crippen molar-refractivity contribution in [1.82, 2.24) is 19.5 Å². The second-order valence-corrected chi connectivity index (χ2v) is 8.68. The molecule has 2 aromatic heterocycles. The van der Waals surface area contributed by atoms with Gasteiger partial charge in [0.15, 0.2) is 6.04 Å². The number of nitrogens with one attached hydrogen (secondary N) is 1. The zero-order valence-corrected chi connectivity index (χ0v) is 16.3. The number of aromatic nitrogens is 3. The Hall–Kier alpha value is -3.00. The average Bonchev–Trinajstić information content (AvgIpc) is 3.28. The Morgan fingerprint density at radius 2 is 1.62 bits per heavy atom. The van der Waals surface area contributed by atoms with Crippen molar-refractivity contribution >= 4 is 10.0 Å². The molecular weight excluding hydrogens is 469 g/mol. The van der Waals surface area contributed by atoms with Crippen molar-refractivity contribution < 1.29 is 39.2 Å². The lowest BCUT2D eigenvalue weighted by atomic mass is 10.0. The SMILES string of the molecule is O=S(=O)(c1ccc(C(F)(F)F)nc1)N1C(c2ccc(F)cc2)c2n[nH]cc2C1C(F)(F)F. The minimum absolute atomic E-state index is 0.0186. The molecule has 1 N–H and O–H groups in total. The summed E-state index contributed by atoms with van der Waals surface area (Å²) in [6.07, 6.45) is -8.73. The molecular formula is C18H11F7N4O2S. The second-order valence-electron chi connectivity index (χ2n) is 6.84. The number of benzene rings is 1. The van der Waals surface area contributed by atoms with Gasteiger partial charge in [0.2, 0.25) is 10.0 Å². The molecule has 3 aromatic rings. The van der Waals surface area contributed by atoms with Crippen LogP contribution in [0.15, 0.2) is 53.7 Å². The van der Waals surface area contributed by atoms with Crippen molar-refractivity contribution in [2.24, 2.45) is 0 Å². The Labute approximate surface area is 175 Å². The van der Waals surface area contributed by atoms with E-state index in [9.17, 15) is 39.2 Å². The number of fused-ring (bicyclic) bond motifs is 1. The van der Waals surface area contributed by atoms with Crippen molar-refractivity contribution in [2.75, 3.05) is 0 Å². The maximum Gasteiger partial charge on any atom is 0.433 e. The minimum atomic E-state index is -5.10. The van der Waals surface area contributed by atoms with Crippen molar-refractivity contribution in [3.05, 3.63) is 77.1 Å². The Morgan fingerprint density at radius 3 is 2.16 bits per heavy atom. The summed E-state index contributed by atoms with van der Waals surface area (Å²) in [4.78, 5) is 2.16. The highest BCUT2D eigenvalue weighted by Crippen LogP contribution is 2.53. The van der Waals surface area contributed by atoms with Crippen molar-refractivity contribution in [3.8, 4) is 0 Å². The first-order chi connectivity index (χ1) is 14.8. The molecule has 0 bridgehead atoms. The van der Waals surface area contributed by atoms with Crippen LogP contribution >= 0.6 is 0 Å². The van der Waals surface area contributed by atoms with Crippen LogP contribution in [0.5, 0.6) is 0 Å². The Morgan fingerprint density at radius 1 is 0.969 bits per heavy atom. The fourth-order valence-corrected chi connectivity index (χ4v) is 5.20. The van der Waals surface area contributed by atoms with Gasteiger partial charge >= 0.3 is 12.4 Å². The molecule has 1 aliphatic heterocycles. The van der Waals surface area contributed by atoms with E-state index in [1.165, 1.54) is 0 Å². The Balaban J connectivity index is 1.89. The molecule has 0 saturated heterocycles. The van der Waals surface area contributed by atoms with E-state index in [1.54, 1.807) is 0 Å². The summed E-state index contributed by atoms with van der Waals surface area (Å²) in [7, 11) is -5.04. The van der Waals surface area contributed by atoms with Gasteiger partial charge in [0.05, 0.1) is 11.7 Å². The Bertz CT molecular complexity index is 1240. The van der Waals surface area contributed by atoms with Crippen molar-refractivity contribution in [3.63, 3.8) is 0 Å². The summed E-state index contributed by atoms with van der Waals surface area (Å²) in [5.74, 6) is -0.706. The number of halogens is 7. The fraction of sp³-hybridized carbons (Fsp3) is 0.222. The number of hydrogen-bond donors (Lipinski definition) is 1. The van der Waals surface area contributed by atoms with Crippen LogP contribution in [0.25, 0.3) is 0 Å². The predicted molar refractivity (Wildman–Crippen MR) is 93.9 cm³/mol. The summed E-state index contributed by atoms with van der Waals surface area (Å²) in [6, 6.07) is 0.671. The van der Waals surface area contributed by atoms with E-state index >= 15 is 0 Å². The van der Waals surface area contributed by atoms with Gasteiger partial charge in [-0.1, -0.05) is 12.1 Å². The van der Waals surface area contributed by atoms with E-state index in [0.29, 0.717) is 18.3 Å². The molecule has 0 saturated carbocycles. The number of aromatic amines is 1. The van der Waals surface area contributed by atoms with Gasteiger partial charge in [-0.3, -0.25) is 10.1 Å². The number of sulfonamides is 1. The monoisotopic (exact) mass is 480 g/mol. The summed E-state index contributed by atoms with van der Waals surface area (Å²) < 4.78 is 120. The van der Waals surface area contributed by atoms with Gasteiger partial charge in [-0.2, -0.15) is 35.7 Å². The lowest BCUT2D eigenvalue weighted by Gasteiger charge is -2.31. The third kappa shape index (κ3) is 3.62. The molecule has 2 atom stereocenters. The van der Waals surface area contributed by atoms with Gasteiger partial charge in [-0.15, -0.1) is 0 Å². The van der Waals surface area contributed by atoms with Crippen LogP contribution in [0.3, 0.4) is 0 Å². The van der Waals surface area contributed by atoms with Crippen LogP contribution in [0.1, 0.15) is 34.6 Å². The highest BCUT2D eigenvalue weighted by molar-refractivity contribution is 7.89. The minimum Gasteiger partial charge on any atom is -0.285 e. The van der Waals surface area contributed by atoms with E-state index < -0.39 is 56.4 Å². The molecule has 4 rings (SSSR count). The van der Waals surface area contributed by atoms with E-state index in [1.807, 2.05) is 0 Å². The smallest absolute Gasteiger partial charge is 0.285 e. The van der Waals surface area contributed by atoms with Crippen LogP contribution < -0.4 is 0 Å². The van der Waals surface area contributed by atoms with Gasteiger partial charge < -0.3 is 0 Å². The third-order valence-electron chi connectivity index (χ3n) is 4.86. The fourth-order valence-electron chi connectivity index (χ4n) is 3.52. The number of H-pyrrole nitrogens is 1. The number of hydrogen-bond acceptors (Lipinski definition) is 4. The van der Waals surface area contributed by atoms with Crippen molar-refractivity contribution in [1.29, 1.82) is 0 Å². The van der Waals surface area contributed by atoms with Gasteiger partial charge in [0.25, 0.3) is 0 Å². The lowest BCUT2D eigenvalue weighted by Crippen LogP contribution is -2.40. The van der Waals surface area contributed by atoms with Crippen LogP contribution in [-0.4, -0.2) is 34.1 Å². The topological polar surface area (TPSA) is 79.0 Å². The van der Waals surface area contributed by atoms with Gasteiger partial charge in [0, 0.05) is 18.0 Å². The first-order valence-electron chi connectivity index (χ1n) is 8.74. The first-order valence-corrected chi connectivity index (χ1v) is 10.2. The normalized spacial score (nSPS) is 19.8. The molecule has 2 unspecified atom stereocenters. The molecule has 32 heavy (non-hydrogen) atoms. The largest absolute Gasteiger partial charge is 0.433 e. The van der Waals surface area contributed by atoms with Crippen LogP contribution in [0.2, 0.25) is 0 Å². The molecule has 0 amide bonds. The number of nitrogens with zero attached hydrogens (tertiary/aromatic N) is 3. The third-order valence-corrected chi connectivity index (χ3v) is 6.68. The molecule has 14 heteroatoms. The quantitative estimate of drug-likeness (QED) is 0.566. The molecule has 3 heterocycles. The molecule has 0 spiro atoms. The van der Waals surface area contributed by atoms with E-state index in [-0.39, 0.29) is 15.6 Å². The number of rotatable bonds is 3. The second kappa shape index (κ2) is 7.27. The Kier molecular flexibility index (Phi) is 5.04. The molecule has 6 nitrogen and oxygen atoms in total. The highest BCUT2D eigenvalue weighted by atomic mass is 32.2. The first kappa shape index (κ1) is 22.2. The summed E-state index contributed by atoms with van der Waals surface area (Å²) in [5, 5.41) is 6.02. The zero-order valence-electron chi connectivity index (χ0n) is 15.5. The number of alkyl halides is 6. The van der Waals surface area contributed by atoms with Crippen molar-refractivity contribution in [2.45, 2.75) is 29.3 Å². The maximum atomic E-state index is 14.0. The molecule has 170 valence electrons. The van der Waals surface area contributed by atoms with E-state index in [4.69, 9.17) is 0 Å². The van der Waals surface area contributed by atoms with Gasteiger partial charge in [0.1, 0.15) is 16.4 Å². The molecule has 0 fully saturated rings. The summed E-state index contributed by atoms with van der Waals surface area (Å²) in [6.45, 7) is 0. The molecule has 1 aliphatic rings. The molecule has 0 radical (unpaired) electrons. The standard InChI is InChI=1S/C18H11F7N4O2S/c19-10-3-1-9(2-4-10)15-14-12(8-27-28-14)16(18(23,24)25)29(15)32(30,31)11-5-6-13(26-7-11)17(20,21)22/h1-8,15-16H,(H,27,28). The van der Waals surface area contributed by atoms with Gasteiger partial charge in [-0.05, 0) is 29.8 Å². The summed E-state index contributed by atoms with van der Waals surface area (Å²) in [5.41, 5.74) is -2.17. The zero-order chi connectivity index (χ0) is 23.5. The lowest BCUT2D eigenvalue weighted by molar-refractivity contribution is -0.172. The highest BCUT2D eigenvalue weighted by Gasteiger charge is 2.59. The maximum absolute atomic E-state index is 14.0. The summed E-state index contributed by atoms with van der Waals surface area (Å²) >= 11 is 0. The molecule has 0 aliphatic carbocycles. The van der Waals surface area contributed by atoms with Crippen LogP contribution in [0.4, 0.5) is 30.7 Å². The van der Waals surface area contributed by atoms with E-state index in [0.717, 1.165) is 30.5 Å². The average molecular weight is 480 g/mol. The van der Waals surface area contributed by atoms with Crippen LogP contribution in [0, 0.1) is 5.82 Å². The number of pyridine rings is 1. The molecule has 1 aromatic carbocycles. The van der Waals surface area contributed by atoms with E-state index in [2.05, 4.69) is 15.2 Å². The van der Waals surface area contributed by atoms with Crippen LogP contribution in [-0.2, 0) is 16.2 Å². The van der Waals surface area contributed by atoms with Gasteiger partial charge in [-0.25, -0.2) is 12.8 Å².